The first-order valence-electron chi connectivity index (χ1n) is 18.8. The molecule has 270 valence electrons. The highest BCUT2D eigenvalue weighted by molar-refractivity contribution is 7.26. The number of fused-ring (bicyclic) bond motifs is 6. The molecule has 7 aromatic carbocycles. The van der Waals surface area contributed by atoms with E-state index < -0.39 is 0 Å². The van der Waals surface area contributed by atoms with Crippen molar-refractivity contribution in [3.63, 3.8) is 0 Å². The Labute approximate surface area is 341 Å². The van der Waals surface area contributed by atoms with Crippen LogP contribution in [0.1, 0.15) is 0 Å². The fraction of sp³-hybridized carbons (Fsp3) is 0. The number of hydrogen-bond donors (Lipinski definition) is 0. The molecule has 6 nitrogen and oxygen atoms in total. The average Bonchev–Trinajstić information content (AvgIpc) is 3.87. The van der Waals surface area contributed by atoms with Crippen molar-refractivity contribution < 1.29 is 0 Å². The van der Waals surface area contributed by atoms with Crippen LogP contribution < -0.4 is 0 Å². The van der Waals surface area contributed by atoms with E-state index in [2.05, 4.69) is 102 Å². The molecule has 0 saturated heterocycles. The first kappa shape index (κ1) is 33.9. The van der Waals surface area contributed by atoms with Crippen LogP contribution in [0.2, 0.25) is 0 Å². The van der Waals surface area contributed by atoms with Crippen molar-refractivity contribution in [2.24, 2.45) is 0 Å². The average molecular weight is 777 g/mol. The monoisotopic (exact) mass is 776 g/mol. The summed E-state index contributed by atoms with van der Waals surface area (Å²) in [6.45, 7) is 7.27. The maximum Gasteiger partial charge on any atom is 0.187 e. The normalized spacial score (nSPS) is 11.4. The van der Waals surface area contributed by atoms with Crippen LogP contribution in [0.25, 0.3) is 113 Å². The minimum atomic E-state index is 0.602. The molecule has 0 fully saturated rings. The summed E-state index contributed by atoms with van der Waals surface area (Å²) in [5.41, 5.74) is 9.46. The van der Waals surface area contributed by atoms with Gasteiger partial charge in [0.2, 0.25) is 0 Å². The highest BCUT2D eigenvalue weighted by Crippen LogP contribution is 2.42. The summed E-state index contributed by atoms with van der Waals surface area (Å²) in [6.07, 6.45) is 0. The van der Waals surface area contributed by atoms with Crippen LogP contribution in [0.5, 0.6) is 0 Å². The lowest BCUT2D eigenvalue weighted by atomic mass is 10.0. The molecule has 0 spiro atoms. The van der Waals surface area contributed by atoms with Crippen LogP contribution in [-0.2, 0) is 0 Å². The van der Waals surface area contributed by atoms with Crippen molar-refractivity contribution in [3.8, 4) is 67.9 Å². The van der Waals surface area contributed by atoms with Gasteiger partial charge < -0.3 is 0 Å². The zero-order valence-electron chi connectivity index (χ0n) is 30.7. The van der Waals surface area contributed by atoms with Gasteiger partial charge in [0.15, 0.2) is 29.0 Å². The molecule has 8 heteroatoms. The van der Waals surface area contributed by atoms with E-state index in [0.29, 0.717) is 29.0 Å². The molecular weight excluding hydrogens is 749 g/mol. The van der Waals surface area contributed by atoms with E-state index in [9.17, 15) is 0 Å². The Morgan fingerprint density at radius 2 is 0.897 bits per heavy atom. The minimum Gasteiger partial charge on any atom is -0.238 e. The second-order valence-electron chi connectivity index (χ2n) is 14.0. The Morgan fingerprint density at radius 1 is 0.362 bits per heavy atom. The first-order chi connectivity index (χ1) is 28.6. The van der Waals surface area contributed by atoms with Gasteiger partial charge in [-0.15, -0.1) is 22.7 Å². The third-order valence-electron chi connectivity index (χ3n) is 10.4. The highest BCUT2D eigenvalue weighted by Gasteiger charge is 2.18. The molecule has 0 aliphatic heterocycles. The van der Waals surface area contributed by atoms with E-state index >= 15 is 0 Å². The summed E-state index contributed by atoms with van der Waals surface area (Å²) in [5.74, 6) is 2.54. The summed E-state index contributed by atoms with van der Waals surface area (Å²) in [5, 5.41) is 3.47. The molecule has 4 heterocycles. The van der Waals surface area contributed by atoms with Gasteiger partial charge in [-0.3, -0.25) is 0 Å². The van der Waals surface area contributed by atoms with Gasteiger partial charge in [0.25, 0.3) is 0 Å². The van der Waals surface area contributed by atoms with Crippen LogP contribution in [0.4, 0.5) is 5.69 Å². The number of aromatic nitrogens is 5. The van der Waals surface area contributed by atoms with Gasteiger partial charge in [-0.05, 0) is 41.5 Å². The predicted molar refractivity (Wildman–Crippen MR) is 240 cm³/mol. The van der Waals surface area contributed by atoms with Gasteiger partial charge in [0.05, 0.1) is 22.5 Å². The Kier molecular flexibility index (Phi) is 8.14. The molecule has 0 bridgehead atoms. The Bertz CT molecular complexity index is 3390. The Morgan fingerprint density at radius 3 is 1.62 bits per heavy atom. The fourth-order valence-electron chi connectivity index (χ4n) is 7.46. The van der Waals surface area contributed by atoms with Crippen LogP contribution in [0, 0.1) is 6.57 Å². The lowest BCUT2D eigenvalue weighted by Gasteiger charge is -2.09. The summed E-state index contributed by atoms with van der Waals surface area (Å²) in [6, 6.07) is 57.8. The minimum absolute atomic E-state index is 0.602. The van der Waals surface area contributed by atoms with E-state index in [0.717, 1.165) is 75.7 Å². The summed E-state index contributed by atoms with van der Waals surface area (Å²) in [4.78, 5) is 29.0. The number of benzene rings is 7. The van der Waals surface area contributed by atoms with E-state index in [1.54, 1.807) is 22.7 Å². The molecule has 0 amide bonds. The molecule has 0 unspecified atom stereocenters. The Balaban J connectivity index is 0.999. The van der Waals surface area contributed by atoms with Gasteiger partial charge in [-0.25, -0.2) is 29.8 Å². The summed E-state index contributed by atoms with van der Waals surface area (Å²) in [7, 11) is 0. The summed E-state index contributed by atoms with van der Waals surface area (Å²) < 4.78 is 4.64. The second kappa shape index (κ2) is 13.9. The van der Waals surface area contributed by atoms with Crippen molar-refractivity contribution in [2.75, 3.05) is 0 Å². The van der Waals surface area contributed by atoms with Crippen LogP contribution in [-0.4, -0.2) is 24.9 Å². The third kappa shape index (κ3) is 5.98. The number of thiophene rings is 2. The molecule has 0 radical (unpaired) electrons. The van der Waals surface area contributed by atoms with Crippen LogP contribution in [0.15, 0.2) is 170 Å². The molecule has 11 aromatic rings. The quantitative estimate of drug-likeness (QED) is 0.157. The van der Waals surface area contributed by atoms with E-state index in [-0.39, 0.29) is 0 Å². The molecule has 0 aliphatic carbocycles. The zero-order chi connectivity index (χ0) is 38.6. The van der Waals surface area contributed by atoms with Gasteiger partial charge in [0.1, 0.15) is 0 Å². The van der Waals surface area contributed by atoms with Crippen molar-refractivity contribution in [1.82, 2.24) is 24.9 Å². The molecule has 0 aliphatic rings. The predicted octanol–water partition coefficient (Wildman–Crippen LogP) is 14.0. The van der Waals surface area contributed by atoms with Gasteiger partial charge in [-0.1, -0.05) is 140 Å². The van der Waals surface area contributed by atoms with E-state index in [4.69, 9.17) is 31.5 Å². The molecule has 0 atom stereocenters. The van der Waals surface area contributed by atoms with Crippen molar-refractivity contribution in [2.45, 2.75) is 0 Å². The lowest BCUT2D eigenvalue weighted by molar-refractivity contribution is 1.07. The smallest absolute Gasteiger partial charge is 0.187 e. The largest absolute Gasteiger partial charge is 0.238 e. The molecule has 58 heavy (non-hydrogen) atoms. The van der Waals surface area contributed by atoms with Crippen molar-refractivity contribution in [1.29, 1.82) is 0 Å². The molecule has 4 aromatic heterocycles. The van der Waals surface area contributed by atoms with Gasteiger partial charge >= 0.3 is 0 Å². The zero-order valence-corrected chi connectivity index (χ0v) is 32.3. The van der Waals surface area contributed by atoms with Crippen LogP contribution in [0.3, 0.4) is 0 Å². The molecule has 11 rings (SSSR count). The maximum atomic E-state index is 7.27. The van der Waals surface area contributed by atoms with Gasteiger partial charge in [0, 0.05) is 58.1 Å². The standard InChI is InChI=1S/C50H28N6S2/c1-51-37-24-20-31(21-25-37)30-16-18-34(19-17-30)48-54-47(33-12-6-3-7-13-33)55-50(56-48)36-22-26-38-40-28-35(23-27-42(40)57-43(38)29-36)49-52-44(32-10-4-2-5-11-32)46-45(53-49)39-14-8-9-15-41(39)58-46/h2-29H. The van der Waals surface area contributed by atoms with Crippen molar-refractivity contribution in [3.05, 3.63) is 181 Å². The Hall–Kier alpha value is -7.44. The highest BCUT2D eigenvalue weighted by atomic mass is 32.1. The number of hydrogen-bond acceptors (Lipinski definition) is 7. The molecule has 0 N–H and O–H groups in total. The summed E-state index contributed by atoms with van der Waals surface area (Å²) >= 11 is 3.50. The van der Waals surface area contributed by atoms with Crippen LogP contribution >= 0.6 is 22.7 Å². The SMILES string of the molecule is [C-]#[N+]c1ccc(-c2ccc(-c3nc(-c4ccccc4)nc(-c4ccc5c(c4)sc4ccc(-c6nc(-c7ccccc7)c7sc8ccccc8c7n6)cc45)n3)cc2)cc1. The first-order valence-corrected chi connectivity index (χ1v) is 20.4. The maximum absolute atomic E-state index is 7.27. The fourth-order valence-corrected chi connectivity index (χ4v) is 9.74. The van der Waals surface area contributed by atoms with E-state index in [1.165, 1.54) is 9.40 Å². The lowest BCUT2D eigenvalue weighted by Crippen LogP contribution is -2.00. The van der Waals surface area contributed by atoms with Gasteiger partial charge in [-0.2, -0.15) is 0 Å². The third-order valence-corrected chi connectivity index (χ3v) is 12.7. The second-order valence-corrected chi connectivity index (χ2v) is 16.1. The topological polar surface area (TPSA) is 68.8 Å². The number of nitrogens with zero attached hydrogens (tertiary/aromatic N) is 6. The van der Waals surface area contributed by atoms with E-state index in [1.807, 2.05) is 72.8 Å². The van der Waals surface area contributed by atoms with Crippen molar-refractivity contribution >= 4 is 68.8 Å². The molecule has 0 saturated carbocycles. The number of rotatable bonds is 6. The molecular formula is C50H28N6S2.